The van der Waals surface area contributed by atoms with Crippen molar-refractivity contribution in [3.63, 3.8) is 0 Å². The third-order valence-corrected chi connectivity index (χ3v) is 3.57. The Morgan fingerprint density at radius 3 is 2.38 bits per heavy atom. The standard InChI is InChI=1S/C19H18O2/c1-14(20)16-7-8-18-12-19(10-9-17(18)11-16)21-13-15-5-3-2-4-6-15/h2-12,14,20H,13H2,1H3. The van der Waals surface area contributed by atoms with Crippen molar-refractivity contribution in [3.8, 4) is 5.75 Å². The molecule has 106 valence electrons. The predicted molar refractivity (Wildman–Crippen MR) is 85.4 cm³/mol. The Morgan fingerprint density at radius 1 is 0.905 bits per heavy atom. The highest BCUT2D eigenvalue weighted by molar-refractivity contribution is 5.84. The van der Waals surface area contributed by atoms with Gasteiger partial charge < -0.3 is 9.84 Å². The van der Waals surface area contributed by atoms with E-state index in [9.17, 15) is 5.11 Å². The molecule has 0 amide bonds. The Labute approximate surface area is 124 Å². The van der Waals surface area contributed by atoms with E-state index in [4.69, 9.17) is 4.74 Å². The Morgan fingerprint density at radius 2 is 1.62 bits per heavy atom. The van der Waals surface area contributed by atoms with Gasteiger partial charge in [0.15, 0.2) is 0 Å². The Balaban J connectivity index is 1.79. The number of hydrogen-bond donors (Lipinski definition) is 1. The van der Waals surface area contributed by atoms with Crippen LogP contribution in [0, 0.1) is 0 Å². The van der Waals surface area contributed by atoms with E-state index in [1.165, 1.54) is 0 Å². The molecule has 0 aliphatic heterocycles. The molecule has 0 saturated heterocycles. The first-order chi connectivity index (χ1) is 10.2. The number of aliphatic hydroxyl groups excluding tert-OH is 1. The number of benzene rings is 3. The number of hydrogen-bond acceptors (Lipinski definition) is 2. The first kappa shape index (κ1) is 13.7. The summed E-state index contributed by atoms with van der Waals surface area (Å²) in [6.07, 6.45) is -0.441. The molecule has 3 rings (SSSR count). The second-order valence-electron chi connectivity index (χ2n) is 5.22. The van der Waals surface area contributed by atoms with Crippen LogP contribution in [0.25, 0.3) is 10.8 Å². The van der Waals surface area contributed by atoms with Crippen molar-refractivity contribution in [2.75, 3.05) is 0 Å². The molecule has 0 bridgehead atoms. The summed E-state index contributed by atoms with van der Waals surface area (Å²) in [6.45, 7) is 2.34. The highest BCUT2D eigenvalue weighted by Crippen LogP contribution is 2.24. The summed E-state index contributed by atoms with van der Waals surface area (Å²) >= 11 is 0. The van der Waals surface area contributed by atoms with Gasteiger partial charge in [-0.3, -0.25) is 0 Å². The maximum absolute atomic E-state index is 9.62. The molecule has 3 aromatic carbocycles. The van der Waals surface area contributed by atoms with Crippen molar-refractivity contribution in [2.24, 2.45) is 0 Å². The van der Waals surface area contributed by atoms with Gasteiger partial charge in [0.05, 0.1) is 6.10 Å². The third kappa shape index (κ3) is 3.23. The summed E-state index contributed by atoms with van der Waals surface area (Å²) in [5.41, 5.74) is 2.09. The molecule has 1 N–H and O–H groups in total. The van der Waals surface area contributed by atoms with E-state index in [0.29, 0.717) is 6.61 Å². The van der Waals surface area contributed by atoms with E-state index < -0.39 is 6.10 Å². The van der Waals surface area contributed by atoms with Gasteiger partial charge >= 0.3 is 0 Å². The minimum atomic E-state index is -0.441. The van der Waals surface area contributed by atoms with Gasteiger partial charge in [0, 0.05) is 0 Å². The summed E-state index contributed by atoms with van der Waals surface area (Å²) < 4.78 is 5.83. The highest BCUT2D eigenvalue weighted by Gasteiger charge is 2.03. The van der Waals surface area contributed by atoms with Crippen molar-refractivity contribution in [2.45, 2.75) is 19.6 Å². The summed E-state index contributed by atoms with van der Waals surface area (Å²) in [6, 6.07) is 22.1. The minimum Gasteiger partial charge on any atom is -0.489 e. The zero-order valence-corrected chi connectivity index (χ0v) is 12.0. The normalized spacial score (nSPS) is 12.3. The van der Waals surface area contributed by atoms with Gasteiger partial charge in [-0.05, 0) is 47.0 Å². The molecule has 0 fully saturated rings. The summed E-state index contributed by atoms with van der Waals surface area (Å²) in [4.78, 5) is 0. The molecule has 0 saturated carbocycles. The van der Waals surface area contributed by atoms with E-state index >= 15 is 0 Å². The maximum atomic E-state index is 9.62. The maximum Gasteiger partial charge on any atom is 0.120 e. The molecule has 21 heavy (non-hydrogen) atoms. The van der Waals surface area contributed by atoms with Crippen LogP contribution < -0.4 is 4.74 Å². The molecule has 1 atom stereocenters. The monoisotopic (exact) mass is 278 g/mol. The molecule has 0 aliphatic carbocycles. The fourth-order valence-electron chi connectivity index (χ4n) is 2.33. The average molecular weight is 278 g/mol. The Bertz CT molecular complexity index is 733. The van der Waals surface area contributed by atoms with Crippen LogP contribution in [0.1, 0.15) is 24.2 Å². The number of rotatable bonds is 4. The lowest BCUT2D eigenvalue weighted by Gasteiger charge is -2.09. The highest BCUT2D eigenvalue weighted by atomic mass is 16.5. The average Bonchev–Trinajstić information content (AvgIpc) is 2.53. The van der Waals surface area contributed by atoms with E-state index in [1.54, 1.807) is 6.92 Å². The van der Waals surface area contributed by atoms with Gasteiger partial charge in [-0.1, -0.05) is 48.5 Å². The Hall–Kier alpha value is -2.32. The predicted octanol–water partition coefficient (Wildman–Crippen LogP) is 4.47. The molecule has 0 aromatic heterocycles. The molecule has 0 spiro atoms. The second kappa shape index (κ2) is 5.98. The van der Waals surface area contributed by atoms with Crippen LogP contribution in [0.4, 0.5) is 0 Å². The SMILES string of the molecule is CC(O)c1ccc2cc(OCc3ccccc3)ccc2c1. The van der Waals surface area contributed by atoms with Crippen molar-refractivity contribution < 1.29 is 9.84 Å². The number of fused-ring (bicyclic) bond motifs is 1. The zero-order valence-electron chi connectivity index (χ0n) is 12.0. The van der Waals surface area contributed by atoms with Crippen molar-refractivity contribution in [3.05, 3.63) is 77.9 Å². The smallest absolute Gasteiger partial charge is 0.120 e. The summed E-state index contributed by atoms with van der Waals surface area (Å²) in [5, 5.41) is 11.9. The molecule has 3 aromatic rings. The van der Waals surface area contributed by atoms with E-state index in [-0.39, 0.29) is 0 Å². The fraction of sp³-hybridized carbons (Fsp3) is 0.158. The molecule has 0 heterocycles. The first-order valence-electron chi connectivity index (χ1n) is 7.11. The molecule has 0 radical (unpaired) electrons. The molecule has 0 aliphatic rings. The van der Waals surface area contributed by atoms with Gasteiger partial charge in [0.2, 0.25) is 0 Å². The van der Waals surface area contributed by atoms with Crippen LogP contribution in [-0.4, -0.2) is 5.11 Å². The van der Waals surface area contributed by atoms with Gasteiger partial charge in [-0.15, -0.1) is 0 Å². The van der Waals surface area contributed by atoms with Gasteiger partial charge in [0.1, 0.15) is 12.4 Å². The zero-order chi connectivity index (χ0) is 14.7. The number of ether oxygens (including phenoxy) is 1. The van der Waals surface area contributed by atoms with Crippen LogP contribution in [0.3, 0.4) is 0 Å². The summed E-state index contributed by atoms with van der Waals surface area (Å²) in [7, 11) is 0. The van der Waals surface area contributed by atoms with Crippen LogP contribution in [0.5, 0.6) is 5.75 Å². The van der Waals surface area contributed by atoms with Gasteiger partial charge in [-0.2, -0.15) is 0 Å². The van der Waals surface area contributed by atoms with Gasteiger partial charge in [0.25, 0.3) is 0 Å². The van der Waals surface area contributed by atoms with Crippen LogP contribution in [-0.2, 0) is 6.61 Å². The first-order valence-corrected chi connectivity index (χ1v) is 7.11. The quantitative estimate of drug-likeness (QED) is 0.763. The molecular formula is C19H18O2. The lowest BCUT2D eigenvalue weighted by Crippen LogP contribution is -1.95. The molecule has 2 heteroatoms. The van der Waals surface area contributed by atoms with E-state index in [1.807, 2.05) is 54.6 Å². The lowest BCUT2D eigenvalue weighted by atomic mass is 10.0. The molecular weight excluding hydrogens is 260 g/mol. The summed E-state index contributed by atoms with van der Waals surface area (Å²) in [5.74, 6) is 0.858. The number of aliphatic hydroxyl groups is 1. The van der Waals surface area contributed by atoms with Crippen LogP contribution in [0.2, 0.25) is 0 Å². The topological polar surface area (TPSA) is 29.5 Å². The van der Waals surface area contributed by atoms with Crippen LogP contribution in [0.15, 0.2) is 66.7 Å². The Kier molecular flexibility index (Phi) is 3.89. The van der Waals surface area contributed by atoms with E-state index in [2.05, 4.69) is 12.1 Å². The van der Waals surface area contributed by atoms with Crippen LogP contribution >= 0.6 is 0 Å². The second-order valence-corrected chi connectivity index (χ2v) is 5.22. The molecule has 1 unspecified atom stereocenters. The van der Waals surface area contributed by atoms with Gasteiger partial charge in [-0.25, -0.2) is 0 Å². The van der Waals surface area contributed by atoms with E-state index in [0.717, 1.165) is 27.6 Å². The lowest BCUT2D eigenvalue weighted by molar-refractivity contribution is 0.199. The third-order valence-electron chi connectivity index (χ3n) is 3.57. The molecule has 2 nitrogen and oxygen atoms in total. The van der Waals surface area contributed by atoms with Crippen molar-refractivity contribution in [1.82, 2.24) is 0 Å². The fourth-order valence-corrected chi connectivity index (χ4v) is 2.33. The largest absolute Gasteiger partial charge is 0.489 e. The van der Waals surface area contributed by atoms with Crippen molar-refractivity contribution in [1.29, 1.82) is 0 Å². The van der Waals surface area contributed by atoms with Crippen molar-refractivity contribution >= 4 is 10.8 Å². The minimum absolute atomic E-state index is 0.441.